The topological polar surface area (TPSA) is 71.1 Å². The van der Waals surface area contributed by atoms with Crippen LogP contribution in [0.25, 0.3) is 22.3 Å². The van der Waals surface area contributed by atoms with E-state index in [9.17, 15) is 0 Å². The Kier molecular flexibility index (Phi) is 12.9. The van der Waals surface area contributed by atoms with Crippen LogP contribution in [0.4, 0.5) is 0 Å². The van der Waals surface area contributed by atoms with Gasteiger partial charge in [-0.1, -0.05) is 196 Å². The van der Waals surface area contributed by atoms with Crippen LogP contribution in [0.5, 0.6) is 11.5 Å². The van der Waals surface area contributed by atoms with Crippen LogP contribution in [0.3, 0.4) is 0 Å². The van der Waals surface area contributed by atoms with E-state index < -0.39 is 31.8 Å². The summed E-state index contributed by atoms with van der Waals surface area (Å²) in [4.78, 5) is 0. The van der Waals surface area contributed by atoms with Gasteiger partial charge >= 0.3 is 14.7 Å². The molecular formula is C61H54O6P2. The minimum Gasteiger partial charge on any atom is -0.437 e. The van der Waals surface area contributed by atoms with Gasteiger partial charge in [0.1, 0.15) is 11.5 Å². The fourth-order valence-electron chi connectivity index (χ4n) is 9.68. The molecule has 8 aromatic carbocycles. The van der Waals surface area contributed by atoms with Crippen molar-refractivity contribution in [1.82, 2.24) is 0 Å². The molecule has 0 radical (unpaired) electrons. The van der Waals surface area contributed by atoms with Crippen molar-refractivity contribution < 1.29 is 27.7 Å². The number of fused-ring (bicyclic) bond motifs is 6. The van der Waals surface area contributed by atoms with Crippen LogP contribution in [0, 0.1) is 0 Å². The molecule has 0 saturated carbocycles. The summed E-state index contributed by atoms with van der Waals surface area (Å²) in [6.07, 6.45) is 5.24. The maximum absolute atomic E-state index is 15.7. The molecule has 69 heavy (non-hydrogen) atoms. The maximum atomic E-state index is 15.7. The molecule has 0 amide bonds. The number of ether oxygens (including phenoxy) is 2. The van der Waals surface area contributed by atoms with Crippen LogP contribution >= 0.6 is 14.7 Å². The van der Waals surface area contributed by atoms with Gasteiger partial charge in [0, 0.05) is 16.5 Å². The van der Waals surface area contributed by atoms with E-state index in [2.05, 4.69) is 75.5 Å². The van der Waals surface area contributed by atoms with Crippen molar-refractivity contribution in [2.45, 2.75) is 57.0 Å². The first-order valence-corrected chi connectivity index (χ1v) is 26.8. The fraction of sp³-hybridized carbons (Fsp3) is 0.148. The summed E-state index contributed by atoms with van der Waals surface area (Å²) in [5.41, 5.74) is 10.9. The van der Waals surface area contributed by atoms with Gasteiger partial charge in [-0.25, -0.2) is 0 Å². The fourth-order valence-corrected chi connectivity index (χ4v) is 14.8. The molecule has 8 heteroatoms. The molecule has 2 heterocycles. The van der Waals surface area contributed by atoms with Crippen LogP contribution in [-0.4, -0.2) is 0 Å². The van der Waals surface area contributed by atoms with Crippen molar-refractivity contribution in [3.8, 4) is 33.8 Å². The molecule has 0 spiro atoms. The van der Waals surface area contributed by atoms with Crippen molar-refractivity contribution in [3.05, 3.63) is 264 Å². The number of benzene rings is 8. The lowest BCUT2D eigenvalue weighted by Crippen LogP contribution is -2.24. The second-order valence-corrected chi connectivity index (χ2v) is 22.9. The van der Waals surface area contributed by atoms with E-state index in [0.717, 1.165) is 79.6 Å². The lowest BCUT2D eigenvalue weighted by molar-refractivity contribution is 0.0857. The zero-order valence-electron chi connectivity index (χ0n) is 38.9. The number of allylic oxidation sites excluding steroid dienone is 2. The molecule has 0 bridgehead atoms. The molecule has 0 N–H and O–H groups in total. The molecule has 4 unspecified atom stereocenters. The van der Waals surface area contributed by atoms with Gasteiger partial charge in [-0.3, -0.25) is 9.13 Å². The number of hydrogen-bond donors (Lipinski definition) is 0. The van der Waals surface area contributed by atoms with Gasteiger partial charge in [-0.05, 0) is 92.7 Å². The van der Waals surface area contributed by atoms with E-state index in [1.807, 2.05) is 158 Å². The molecule has 4 atom stereocenters. The molecule has 10 rings (SSSR count). The zero-order valence-corrected chi connectivity index (χ0v) is 40.7. The summed E-state index contributed by atoms with van der Waals surface area (Å²) >= 11 is 0. The molecule has 6 nitrogen and oxygen atoms in total. The van der Waals surface area contributed by atoms with E-state index in [4.69, 9.17) is 18.5 Å². The van der Waals surface area contributed by atoms with Gasteiger partial charge in [0.25, 0.3) is 0 Å². The van der Waals surface area contributed by atoms with E-state index in [-0.39, 0.29) is 13.2 Å². The Bertz CT molecular complexity index is 3060. The number of rotatable bonds is 16. The summed E-state index contributed by atoms with van der Waals surface area (Å²) in [6, 6.07) is 64.0. The molecule has 0 fully saturated rings. The van der Waals surface area contributed by atoms with Crippen molar-refractivity contribution in [1.29, 1.82) is 0 Å². The molecule has 0 aromatic heterocycles. The maximum Gasteiger partial charge on any atom is 0.310 e. The van der Waals surface area contributed by atoms with Crippen LogP contribution in [-0.2, 0) is 50.1 Å². The summed E-state index contributed by atoms with van der Waals surface area (Å²) in [5, 5.41) is 1.27. The normalized spacial score (nSPS) is 17.7. The van der Waals surface area contributed by atoms with Gasteiger partial charge in [0.15, 0.2) is 11.7 Å². The lowest BCUT2D eigenvalue weighted by atomic mass is 9.78. The first-order chi connectivity index (χ1) is 33.6. The zero-order chi connectivity index (χ0) is 47.6. The van der Waals surface area contributed by atoms with Gasteiger partial charge in [-0.15, -0.1) is 13.2 Å². The third-order valence-electron chi connectivity index (χ3n) is 13.3. The minimum atomic E-state index is -3.73. The molecule has 344 valence electrons. The SMILES string of the molecule is C=CCc1cccc(COC(c2ccc(C(C)(C)c3ccc(C(OCc4cccc(CC=C)c4)P4(=O)Oc5ccccc5-c5ccccc54)cc3)cc2)P2(=O)Oc3ccccc3-c3ccccc32)c1. The second kappa shape index (κ2) is 19.3. The lowest BCUT2D eigenvalue weighted by Gasteiger charge is -2.34. The van der Waals surface area contributed by atoms with Crippen LogP contribution in [0.1, 0.15) is 70.0 Å². The van der Waals surface area contributed by atoms with Gasteiger partial charge < -0.3 is 18.5 Å². The van der Waals surface area contributed by atoms with Crippen LogP contribution < -0.4 is 19.7 Å². The second-order valence-electron chi connectivity index (χ2n) is 18.2. The Balaban J connectivity index is 0.980. The summed E-state index contributed by atoms with van der Waals surface area (Å²) in [5.74, 6) is -0.673. The van der Waals surface area contributed by atoms with Crippen molar-refractivity contribution in [2.24, 2.45) is 0 Å². The van der Waals surface area contributed by atoms with E-state index in [1.54, 1.807) is 0 Å². The monoisotopic (exact) mass is 944 g/mol. The van der Waals surface area contributed by atoms with Crippen molar-refractivity contribution in [3.63, 3.8) is 0 Å². The molecule has 8 aromatic rings. The largest absolute Gasteiger partial charge is 0.437 e. The van der Waals surface area contributed by atoms with Crippen LogP contribution in [0.15, 0.2) is 219 Å². The highest BCUT2D eigenvalue weighted by atomic mass is 31.2. The third-order valence-corrected chi connectivity index (χ3v) is 18.5. The number of para-hydroxylation sites is 2. The van der Waals surface area contributed by atoms with Gasteiger partial charge in [0.2, 0.25) is 0 Å². The third kappa shape index (κ3) is 8.91. The van der Waals surface area contributed by atoms with E-state index in [1.165, 1.54) is 0 Å². The smallest absolute Gasteiger partial charge is 0.310 e. The first-order valence-electron chi connectivity index (χ1n) is 23.4. The highest BCUT2D eigenvalue weighted by Gasteiger charge is 2.46. The Morgan fingerprint density at radius 3 is 1.23 bits per heavy atom. The summed E-state index contributed by atoms with van der Waals surface area (Å²) in [7, 11) is -7.47. The Labute approximate surface area is 405 Å². The Morgan fingerprint density at radius 1 is 0.464 bits per heavy atom. The predicted octanol–water partition coefficient (Wildman–Crippen LogP) is 15.2. The molecule has 2 aliphatic heterocycles. The van der Waals surface area contributed by atoms with E-state index >= 15 is 9.13 Å². The predicted molar refractivity (Wildman–Crippen MR) is 280 cm³/mol. The first kappa shape index (κ1) is 46.0. The molecular weight excluding hydrogens is 891 g/mol. The summed E-state index contributed by atoms with van der Waals surface area (Å²) in [6.45, 7) is 12.7. The average molecular weight is 945 g/mol. The van der Waals surface area contributed by atoms with E-state index in [0.29, 0.717) is 22.1 Å². The van der Waals surface area contributed by atoms with Crippen LogP contribution in [0.2, 0.25) is 0 Å². The average Bonchev–Trinajstić information content (AvgIpc) is 3.37. The Hall–Kier alpha value is -6.78. The highest BCUT2D eigenvalue weighted by molar-refractivity contribution is 7.68. The van der Waals surface area contributed by atoms with Crippen molar-refractivity contribution >= 4 is 25.3 Å². The molecule has 0 saturated heterocycles. The van der Waals surface area contributed by atoms with Crippen molar-refractivity contribution in [2.75, 3.05) is 0 Å². The standard InChI is InChI=1S/C61H54O6P2/c1-5-17-43-19-15-21-45(39-43)41-64-59(68(62)57-29-13-9-25-53(57)51-23-7-11-27-55(51)66-68)47-31-35-49(36-32-47)61(3,4)50-37-33-48(34-38-50)60(65-42-46-22-16-20-44(40-46)18-6-2)69(63)58-30-14-10-26-54(58)52-24-8-12-28-56(52)67-69/h5-16,19-40,59-60H,1-2,17-18,41-42H2,3-4H3. The number of hydrogen-bond acceptors (Lipinski definition) is 6. The minimum absolute atomic E-state index is 0.231. The van der Waals surface area contributed by atoms with Gasteiger partial charge in [-0.2, -0.15) is 0 Å². The highest BCUT2D eigenvalue weighted by Crippen LogP contribution is 2.65. The van der Waals surface area contributed by atoms with Gasteiger partial charge in [0.05, 0.1) is 23.8 Å². The molecule has 0 aliphatic carbocycles. The quantitative estimate of drug-likeness (QED) is 0.0710. The summed E-state index contributed by atoms with van der Waals surface area (Å²) < 4.78 is 58.3. The molecule has 2 aliphatic rings. The Morgan fingerprint density at radius 2 is 0.826 bits per heavy atom.